The predicted octanol–water partition coefficient (Wildman–Crippen LogP) is 2.05. The lowest BCUT2D eigenvalue weighted by atomic mass is 9.96. The number of aryl methyl sites for hydroxylation is 2. The number of hydrogen-bond donors (Lipinski definition) is 1. The van der Waals surface area contributed by atoms with Gasteiger partial charge in [-0.25, -0.2) is 0 Å². The van der Waals surface area contributed by atoms with E-state index in [1.165, 1.54) is 5.69 Å². The van der Waals surface area contributed by atoms with Crippen molar-refractivity contribution in [3.63, 3.8) is 0 Å². The quantitative estimate of drug-likeness (QED) is 0.905. The van der Waals surface area contributed by atoms with E-state index in [-0.39, 0.29) is 5.91 Å². The van der Waals surface area contributed by atoms with Crippen molar-refractivity contribution in [3.8, 4) is 0 Å². The normalized spacial score (nSPS) is 16.5. The van der Waals surface area contributed by atoms with Crippen LogP contribution in [0.1, 0.15) is 31.2 Å². The van der Waals surface area contributed by atoms with Crippen molar-refractivity contribution in [2.45, 2.75) is 33.6 Å². The highest BCUT2D eigenvalue weighted by atomic mass is 16.1. The summed E-state index contributed by atoms with van der Waals surface area (Å²) < 4.78 is 0. The zero-order valence-electron chi connectivity index (χ0n) is 12.1. The molecule has 104 valence electrons. The first-order valence-corrected chi connectivity index (χ1v) is 6.99. The van der Waals surface area contributed by atoms with E-state index in [4.69, 9.17) is 0 Å². The molecule has 0 unspecified atom stereocenters. The molecule has 0 aliphatic carbocycles. The lowest BCUT2D eigenvalue weighted by molar-refractivity contribution is -0.119. The predicted molar refractivity (Wildman–Crippen MR) is 77.3 cm³/mol. The largest absolute Gasteiger partial charge is 0.371 e. The Kier molecular flexibility index (Phi) is 4.40. The number of rotatable bonds is 3. The first-order chi connectivity index (χ1) is 9.04. The molecule has 0 spiro atoms. The van der Waals surface area contributed by atoms with Gasteiger partial charge in [0.1, 0.15) is 0 Å². The van der Waals surface area contributed by atoms with Crippen molar-refractivity contribution in [2.24, 2.45) is 5.92 Å². The molecular weight excluding hydrogens is 238 g/mol. The summed E-state index contributed by atoms with van der Waals surface area (Å²) in [6.45, 7) is 8.61. The molecule has 1 aromatic rings. The molecule has 1 saturated heterocycles. The van der Waals surface area contributed by atoms with Gasteiger partial charge in [-0.3, -0.25) is 9.78 Å². The molecule has 1 aliphatic rings. The fourth-order valence-electron chi connectivity index (χ4n) is 2.68. The molecule has 1 amide bonds. The Balaban J connectivity index is 1.90. The zero-order chi connectivity index (χ0) is 13.8. The number of aromatic nitrogens is 1. The highest BCUT2D eigenvalue weighted by Crippen LogP contribution is 2.23. The van der Waals surface area contributed by atoms with Crippen LogP contribution in [0.2, 0.25) is 0 Å². The minimum absolute atomic E-state index is 0.0720. The Hall–Kier alpha value is -1.58. The van der Waals surface area contributed by atoms with Gasteiger partial charge in [-0.2, -0.15) is 0 Å². The maximum atomic E-state index is 10.9. The van der Waals surface area contributed by atoms with Gasteiger partial charge in [0.2, 0.25) is 5.91 Å². The van der Waals surface area contributed by atoms with Gasteiger partial charge in [0.05, 0.1) is 0 Å². The van der Waals surface area contributed by atoms with Gasteiger partial charge in [0.15, 0.2) is 0 Å². The van der Waals surface area contributed by atoms with Gasteiger partial charge < -0.3 is 10.2 Å². The fraction of sp³-hybridized carbons (Fsp3) is 0.600. The summed E-state index contributed by atoms with van der Waals surface area (Å²) >= 11 is 0. The standard InChI is InChI=1S/C15H23N3O/c1-11-8-15(9-12(2)17-11)18-6-4-14(5-7-18)10-16-13(3)19/h8-9,14H,4-7,10H2,1-3H3,(H,16,19). The Bertz CT molecular complexity index is 430. The van der Waals surface area contributed by atoms with Crippen LogP contribution in [-0.2, 0) is 4.79 Å². The molecule has 0 radical (unpaired) electrons. The maximum absolute atomic E-state index is 10.9. The van der Waals surface area contributed by atoms with Gasteiger partial charge in [0, 0.05) is 43.6 Å². The molecule has 4 nitrogen and oxygen atoms in total. The summed E-state index contributed by atoms with van der Waals surface area (Å²) in [5.74, 6) is 0.687. The maximum Gasteiger partial charge on any atom is 0.216 e. The molecule has 0 atom stereocenters. The first-order valence-electron chi connectivity index (χ1n) is 6.99. The molecule has 19 heavy (non-hydrogen) atoms. The van der Waals surface area contributed by atoms with E-state index in [2.05, 4.69) is 27.3 Å². The van der Waals surface area contributed by atoms with Crippen molar-refractivity contribution >= 4 is 11.6 Å². The van der Waals surface area contributed by atoms with E-state index >= 15 is 0 Å². The summed E-state index contributed by atoms with van der Waals surface area (Å²) in [4.78, 5) is 17.8. The monoisotopic (exact) mass is 261 g/mol. The summed E-state index contributed by atoms with van der Waals surface area (Å²) in [5, 5.41) is 2.92. The van der Waals surface area contributed by atoms with Gasteiger partial charge in [-0.15, -0.1) is 0 Å². The van der Waals surface area contributed by atoms with Crippen molar-refractivity contribution in [1.29, 1.82) is 0 Å². The number of nitrogens with zero attached hydrogens (tertiary/aromatic N) is 2. The van der Waals surface area contributed by atoms with E-state index in [9.17, 15) is 4.79 Å². The number of anilines is 1. The number of amides is 1. The molecule has 2 heterocycles. The zero-order valence-corrected chi connectivity index (χ0v) is 12.1. The van der Waals surface area contributed by atoms with Crippen LogP contribution >= 0.6 is 0 Å². The molecule has 1 N–H and O–H groups in total. The fourth-order valence-corrected chi connectivity index (χ4v) is 2.68. The summed E-state index contributed by atoms with van der Waals surface area (Å²) in [6.07, 6.45) is 2.28. The molecule has 2 rings (SSSR count). The van der Waals surface area contributed by atoms with E-state index in [0.29, 0.717) is 5.92 Å². The van der Waals surface area contributed by atoms with Crippen LogP contribution < -0.4 is 10.2 Å². The van der Waals surface area contributed by atoms with E-state index in [1.54, 1.807) is 6.92 Å². The van der Waals surface area contributed by atoms with Gasteiger partial charge in [-0.1, -0.05) is 0 Å². The highest BCUT2D eigenvalue weighted by Gasteiger charge is 2.19. The lowest BCUT2D eigenvalue weighted by Crippen LogP contribution is -2.38. The molecule has 0 bridgehead atoms. The average Bonchev–Trinajstić information content (AvgIpc) is 2.36. The van der Waals surface area contributed by atoms with Crippen molar-refractivity contribution < 1.29 is 4.79 Å². The van der Waals surface area contributed by atoms with Gasteiger partial charge in [0.25, 0.3) is 0 Å². The lowest BCUT2D eigenvalue weighted by Gasteiger charge is -2.33. The van der Waals surface area contributed by atoms with Crippen molar-refractivity contribution in [2.75, 3.05) is 24.5 Å². The van der Waals surface area contributed by atoms with Crippen molar-refractivity contribution in [1.82, 2.24) is 10.3 Å². The minimum Gasteiger partial charge on any atom is -0.371 e. The first kappa shape index (κ1) is 13.8. The molecule has 1 aromatic heterocycles. The Morgan fingerprint density at radius 3 is 2.42 bits per heavy atom. The SMILES string of the molecule is CC(=O)NCC1CCN(c2cc(C)nc(C)c2)CC1. The number of hydrogen-bond acceptors (Lipinski definition) is 3. The Labute approximate surface area is 115 Å². The molecule has 0 aromatic carbocycles. The number of carbonyl (C=O) groups excluding carboxylic acids is 1. The molecule has 0 saturated carbocycles. The van der Waals surface area contributed by atoms with Crippen LogP contribution in [0.5, 0.6) is 0 Å². The van der Waals surface area contributed by atoms with Crippen LogP contribution in [0.3, 0.4) is 0 Å². The molecule has 1 aliphatic heterocycles. The van der Waals surface area contributed by atoms with Crippen LogP contribution in [0.15, 0.2) is 12.1 Å². The summed E-state index contributed by atoms with van der Waals surface area (Å²) in [7, 11) is 0. The number of nitrogens with one attached hydrogen (secondary N) is 1. The van der Waals surface area contributed by atoms with Crippen molar-refractivity contribution in [3.05, 3.63) is 23.5 Å². The topological polar surface area (TPSA) is 45.2 Å². The van der Waals surface area contributed by atoms with Gasteiger partial charge in [-0.05, 0) is 44.7 Å². The van der Waals surface area contributed by atoms with E-state index in [1.807, 2.05) is 13.8 Å². The molecule has 4 heteroatoms. The van der Waals surface area contributed by atoms with E-state index in [0.717, 1.165) is 43.9 Å². The highest BCUT2D eigenvalue weighted by molar-refractivity contribution is 5.72. The molecule has 1 fully saturated rings. The summed E-state index contributed by atoms with van der Waals surface area (Å²) in [6, 6.07) is 4.31. The van der Waals surface area contributed by atoms with Crippen LogP contribution in [-0.4, -0.2) is 30.5 Å². The second kappa shape index (κ2) is 6.04. The average molecular weight is 261 g/mol. The second-order valence-corrected chi connectivity index (χ2v) is 5.48. The third-order valence-electron chi connectivity index (χ3n) is 3.69. The second-order valence-electron chi connectivity index (χ2n) is 5.48. The van der Waals surface area contributed by atoms with Gasteiger partial charge >= 0.3 is 0 Å². The van der Waals surface area contributed by atoms with Crippen LogP contribution in [0.25, 0.3) is 0 Å². The number of pyridine rings is 1. The third-order valence-corrected chi connectivity index (χ3v) is 3.69. The third kappa shape index (κ3) is 3.94. The number of carbonyl (C=O) groups is 1. The van der Waals surface area contributed by atoms with Crippen LogP contribution in [0.4, 0.5) is 5.69 Å². The molecular formula is C15H23N3O. The van der Waals surface area contributed by atoms with E-state index < -0.39 is 0 Å². The van der Waals surface area contributed by atoms with Crippen LogP contribution in [0, 0.1) is 19.8 Å². The Morgan fingerprint density at radius 2 is 1.89 bits per heavy atom. The smallest absolute Gasteiger partial charge is 0.216 e. The Morgan fingerprint density at radius 1 is 1.32 bits per heavy atom. The summed E-state index contributed by atoms with van der Waals surface area (Å²) in [5.41, 5.74) is 3.44. The minimum atomic E-state index is 0.0720. The number of piperidine rings is 1.